The molecule has 0 bridgehead atoms. The van der Waals surface area contributed by atoms with Gasteiger partial charge in [0.15, 0.2) is 0 Å². The van der Waals surface area contributed by atoms with Crippen LogP contribution < -0.4 is 40.9 Å². The van der Waals surface area contributed by atoms with Crippen LogP contribution >= 0.6 is 23.4 Å². The number of benzene rings is 4. The summed E-state index contributed by atoms with van der Waals surface area (Å²) in [6.45, 7) is 3.73. The number of aryl methyl sites for hydroxylation is 2. The molecule has 2 heterocycles. The molecular formula is C38H38Cl2F4N6O6. The van der Waals surface area contributed by atoms with Gasteiger partial charge in [0.05, 0.1) is 42.0 Å². The van der Waals surface area contributed by atoms with Crippen LogP contribution in [0.25, 0.3) is 0 Å². The monoisotopic (exact) mass is 820 g/mol. The van der Waals surface area contributed by atoms with E-state index in [-0.39, 0.29) is 52.0 Å². The summed E-state index contributed by atoms with van der Waals surface area (Å²) >= 11 is 10.4. The molecule has 0 spiro atoms. The Hall–Kier alpha value is -5.58. The fraction of sp³-hybridized carbons (Fsp3) is 0.263. The zero-order chi connectivity index (χ0) is 41.1. The normalized spacial score (nSPS) is 15.0. The molecule has 56 heavy (non-hydrogen) atoms. The van der Waals surface area contributed by atoms with Gasteiger partial charge in [-0.15, -0.1) is 0 Å². The maximum Gasteiger partial charge on any atom is 0.315 e. The molecule has 0 saturated heterocycles. The third-order valence-corrected chi connectivity index (χ3v) is 8.92. The highest BCUT2D eigenvalue weighted by Crippen LogP contribution is 2.39. The Labute approximate surface area is 329 Å². The topological polar surface area (TPSA) is 159 Å². The predicted octanol–water partition coefficient (Wildman–Crippen LogP) is 7.94. The van der Waals surface area contributed by atoms with E-state index in [9.17, 15) is 36.7 Å². The SMILES string of the molecule is CNC(=O)Cl.CNC(=O)N[C@H]1CCOc2c(C(=O)Nc3ccc(F)c(C)c3)ccc(F)c21.Cc1cc(NC(=O)c2ccc(F)c3c2OCC[C@@H]3NCl)ccc1F. The van der Waals surface area contributed by atoms with Crippen molar-refractivity contribution in [2.24, 2.45) is 0 Å². The molecule has 4 aromatic carbocycles. The number of amides is 5. The summed E-state index contributed by atoms with van der Waals surface area (Å²) < 4.78 is 66.3. The zero-order valence-electron chi connectivity index (χ0n) is 30.5. The molecule has 0 aromatic heterocycles. The van der Waals surface area contributed by atoms with Gasteiger partial charge in [-0.05, 0) is 109 Å². The largest absolute Gasteiger partial charge is 0.492 e. The molecule has 2 atom stereocenters. The minimum atomic E-state index is -0.616. The van der Waals surface area contributed by atoms with E-state index in [2.05, 4.69) is 31.4 Å². The maximum atomic E-state index is 14.4. The first-order valence-corrected chi connectivity index (χ1v) is 17.7. The lowest BCUT2D eigenvalue weighted by Crippen LogP contribution is -2.38. The average Bonchev–Trinajstić information content (AvgIpc) is 3.18. The van der Waals surface area contributed by atoms with Crippen molar-refractivity contribution in [3.63, 3.8) is 0 Å². The average molecular weight is 822 g/mol. The van der Waals surface area contributed by atoms with Gasteiger partial charge in [0.1, 0.15) is 34.8 Å². The molecule has 0 fully saturated rings. The lowest BCUT2D eigenvalue weighted by atomic mass is 9.96. The molecule has 2 aliphatic heterocycles. The minimum Gasteiger partial charge on any atom is -0.492 e. The van der Waals surface area contributed by atoms with Crippen molar-refractivity contribution in [1.29, 1.82) is 0 Å². The van der Waals surface area contributed by atoms with Gasteiger partial charge in [-0.2, -0.15) is 0 Å². The number of ether oxygens (including phenoxy) is 2. The number of rotatable bonds is 6. The number of nitrogens with one attached hydrogen (secondary N) is 6. The number of carbonyl (C=O) groups excluding carboxylic acids is 4. The van der Waals surface area contributed by atoms with Crippen LogP contribution in [0.1, 0.15) is 67.9 Å². The van der Waals surface area contributed by atoms with Crippen LogP contribution in [0.15, 0.2) is 60.7 Å². The predicted molar refractivity (Wildman–Crippen MR) is 204 cm³/mol. The molecular weight excluding hydrogens is 783 g/mol. The molecule has 18 heteroatoms. The van der Waals surface area contributed by atoms with E-state index in [1.165, 1.54) is 68.7 Å². The van der Waals surface area contributed by atoms with Gasteiger partial charge in [-0.1, -0.05) is 0 Å². The smallest absolute Gasteiger partial charge is 0.315 e. The van der Waals surface area contributed by atoms with E-state index in [1.54, 1.807) is 13.8 Å². The van der Waals surface area contributed by atoms with Crippen molar-refractivity contribution in [2.45, 2.75) is 38.8 Å². The number of fused-ring (bicyclic) bond motifs is 2. The van der Waals surface area contributed by atoms with Gasteiger partial charge < -0.3 is 36.1 Å². The standard InChI is InChI=1S/C19H19F2N3O3.C17H15ClF2N2O2.C2H4ClNO/c1-10-9-11(3-5-13(10)20)23-18(25)12-4-6-14(21)16-15(24-19(26)22-2)7-8-27-17(12)16;1-9-8-10(2-4-12(9)19)21-17(23)11-3-5-13(20)15-14(22-18)6-7-24-16(11)15;1-4-2(3)5/h3-6,9,15H,7-8H2,1-2H3,(H,23,25)(H2,22,24,26);2-5,8,14,22H,6-7H2,1H3,(H,21,23);1H3,(H,4,5)/t15-;14-;/m00./s1. The summed E-state index contributed by atoms with van der Waals surface area (Å²) in [6.07, 6.45) is 0.870. The van der Waals surface area contributed by atoms with Crippen molar-refractivity contribution in [3.05, 3.63) is 117 Å². The van der Waals surface area contributed by atoms with E-state index in [0.29, 0.717) is 42.0 Å². The fourth-order valence-electron chi connectivity index (χ4n) is 5.64. The van der Waals surface area contributed by atoms with Gasteiger partial charge in [-0.3, -0.25) is 14.4 Å². The lowest BCUT2D eigenvalue weighted by molar-refractivity contribution is 0.101. The van der Waals surface area contributed by atoms with Crippen LogP contribution in [0.3, 0.4) is 0 Å². The Morgan fingerprint density at radius 1 is 0.643 bits per heavy atom. The number of hydrogen-bond donors (Lipinski definition) is 6. The number of hydrogen-bond acceptors (Lipinski definition) is 7. The molecule has 2 aliphatic rings. The summed E-state index contributed by atoms with van der Waals surface area (Å²) in [5, 5.41) is 12.0. The molecule has 0 aliphatic carbocycles. The highest BCUT2D eigenvalue weighted by molar-refractivity contribution is 6.62. The van der Waals surface area contributed by atoms with Crippen LogP contribution in [0.4, 0.5) is 38.5 Å². The molecule has 6 rings (SSSR count). The van der Waals surface area contributed by atoms with E-state index in [0.717, 1.165) is 6.07 Å². The van der Waals surface area contributed by atoms with Gasteiger partial charge in [0.25, 0.3) is 11.8 Å². The molecule has 4 aromatic rings. The van der Waals surface area contributed by atoms with Gasteiger partial charge >= 0.3 is 11.4 Å². The van der Waals surface area contributed by atoms with Crippen LogP contribution in [0.5, 0.6) is 11.5 Å². The Morgan fingerprint density at radius 3 is 1.45 bits per heavy atom. The van der Waals surface area contributed by atoms with Crippen molar-refractivity contribution in [2.75, 3.05) is 37.9 Å². The van der Waals surface area contributed by atoms with E-state index in [4.69, 9.17) is 32.9 Å². The molecule has 0 unspecified atom stereocenters. The molecule has 6 N–H and O–H groups in total. The highest BCUT2D eigenvalue weighted by Gasteiger charge is 2.31. The van der Waals surface area contributed by atoms with Crippen molar-refractivity contribution >= 4 is 58.0 Å². The molecule has 0 saturated carbocycles. The quantitative estimate of drug-likeness (QED) is 0.0499. The second kappa shape index (κ2) is 19.8. The summed E-state index contributed by atoms with van der Waals surface area (Å²) in [7, 11) is 2.93. The summed E-state index contributed by atoms with van der Waals surface area (Å²) in [5.74, 6) is -2.50. The summed E-state index contributed by atoms with van der Waals surface area (Å²) in [5.41, 5.74) is 2.36. The van der Waals surface area contributed by atoms with E-state index in [1.807, 2.05) is 0 Å². The number of halogens is 6. The van der Waals surface area contributed by atoms with Gasteiger partial charge in [0.2, 0.25) is 0 Å². The van der Waals surface area contributed by atoms with Gasteiger partial charge in [-0.25, -0.2) is 27.2 Å². The van der Waals surface area contributed by atoms with E-state index >= 15 is 0 Å². The fourth-order valence-corrected chi connectivity index (χ4v) is 5.86. The second-order valence-corrected chi connectivity index (χ2v) is 12.8. The summed E-state index contributed by atoms with van der Waals surface area (Å²) in [6, 6.07) is 12.0. The first kappa shape index (κ1) is 43.2. The Balaban J connectivity index is 0.000000223. The third-order valence-electron chi connectivity index (χ3n) is 8.47. The number of anilines is 2. The third kappa shape index (κ3) is 10.8. The minimum absolute atomic E-state index is 0.0963. The molecule has 0 radical (unpaired) electrons. The van der Waals surface area contributed by atoms with Crippen molar-refractivity contribution < 1.29 is 46.2 Å². The first-order valence-electron chi connectivity index (χ1n) is 17.0. The number of carbonyl (C=O) groups is 4. The first-order chi connectivity index (χ1) is 26.7. The molecule has 298 valence electrons. The maximum absolute atomic E-state index is 14.4. The number of urea groups is 1. The Bertz CT molecular complexity index is 2110. The Morgan fingerprint density at radius 2 is 1.05 bits per heavy atom. The zero-order valence-corrected chi connectivity index (χ0v) is 32.0. The van der Waals surface area contributed by atoms with Crippen LogP contribution in [0.2, 0.25) is 0 Å². The summed E-state index contributed by atoms with van der Waals surface area (Å²) in [4.78, 5) is 48.8. The van der Waals surface area contributed by atoms with Crippen LogP contribution in [-0.2, 0) is 0 Å². The van der Waals surface area contributed by atoms with Crippen LogP contribution in [0, 0.1) is 37.1 Å². The van der Waals surface area contributed by atoms with E-state index < -0.39 is 46.9 Å². The van der Waals surface area contributed by atoms with Gasteiger partial charge in [0, 0.05) is 43.9 Å². The lowest BCUT2D eigenvalue weighted by Gasteiger charge is -2.28. The highest BCUT2D eigenvalue weighted by atomic mass is 35.5. The molecule has 12 nitrogen and oxygen atoms in total. The van der Waals surface area contributed by atoms with Crippen LogP contribution in [-0.4, -0.2) is 50.5 Å². The second-order valence-electron chi connectivity index (χ2n) is 12.2. The molecule has 5 amide bonds. The van der Waals surface area contributed by atoms with Crippen molar-refractivity contribution in [1.82, 2.24) is 20.8 Å². The van der Waals surface area contributed by atoms with Crippen molar-refractivity contribution in [3.8, 4) is 11.5 Å². The Kier molecular flexibility index (Phi) is 15.3.